The minimum absolute atomic E-state index is 0.0974. The second kappa shape index (κ2) is 9.89. The van der Waals surface area contributed by atoms with Crippen molar-refractivity contribution in [3.05, 3.63) is 65.5 Å². The van der Waals surface area contributed by atoms with E-state index in [1.165, 1.54) is 0 Å². The average molecular weight is 441 g/mol. The maximum Gasteiger partial charge on any atom is 0.278 e. The molecule has 8 heteroatoms. The smallest absolute Gasteiger partial charge is 0.278 e. The molecule has 0 radical (unpaired) electrons. The molecule has 2 aromatic rings. The summed E-state index contributed by atoms with van der Waals surface area (Å²) in [5.74, 6) is -0.555. The molecule has 2 atom stereocenters. The number of ether oxygens (including phenoxy) is 1. The van der Waals surface area contributed by atoms with Crippen molar-refractivity contribution < 1.29 is 14.3 Å². The fourth-order valence-electron chi connectivity index (χ4n) is 3.07. The molecule has 1 aromatic heterocycles. The van der Waals surface area contributed by atoms with Crippen LogP contribution in [0.15, 0.2) is 59.9 Å². The van der Waals surface area contributed by atoms with Gasteiger partial charge in [-0.15, -0.1) is 11.3 Å². The molecule has 0 bridgehead atoms. The molecule has 1 aliphatic heterocycles. The quantitative estimate of drug-likeness (QED) is 0.584. The zero-order valence-corrected chi connectivity index (χ0v) is 19.0. The van der Waals surface area contributed by atoms with Crippen LogP contribution in [0.4, 0.5) is 0 Å². The highest BCUT2D eigenvalue weighted by molar-refractivity contribution is 7.13. The van der Waals surface area contributed by atoms with Crippen LogP contribution in [0.2, 0.25) is 0 Å². The maximum absolute atomic E-state index is 13.2. The highest BCUT2D eigenvalue weighted by Gasteiger charge is 2.38. The van der Waals surface area contributed by atoms with Crippen LogP contribution in [-0.2, 0) is 14.3 Å². The van der Waals surface area contributed by atoms with Gasteiger partial charge in [-0.3, -0.25) is 9.59 Å². The van der Waals surface area contributed by atoms with Gasteiger partial charge < -0.3 is 20.7 Å². The lowest BCUT2D eigenvalue weighted by atomic mass is 10.0. The Bertz CT molecular complexity index is 984. The fraction of sp³-hybridized carbons (Fsp3) is 0.348. The van der Waals surface area contributed by atoms with Crippen molar-refractivity contribution in [3.8, 4) is 10.6 Å². The van der Waals surface area contributed by atoms with E-state index in [-0.39, 0.29) is 23.8 Å². The number of nitrogens with zero attached hydrogens (tertiary/aromatic N) is 1. The third-order valence-electron chi connectivity index (χ3n) is 4.85. The lowest BCUT2D eigenvalue weighted by Crippen LogP contribution is -2.57. The molecule has 3 N–H and O–H groups in total. The first-order valence-electron chi connectivity index (χ1n) is 10.3. The summed E-state index contributed by atoms with van der Waals surface area (Å²) in [6.45, 7) is 7.72. The number of carbonyl (C=O) groups is 2. The molecule has 0 spiro atoms. The Morgan fingerprint density at radius 2 is 2.10 bits per heavy atom. The van der Waals surface area contributed by atoms with Gasteiger partial charge in [-0.25, -0.2) is 4.98 Å². The van der Waals surface area contributed by atoms with Crippen LogP contribution in [0.25, 0.3) is 10.6 Å². The van der Waals surface area contributed by atoms with Crippen molar-refractivity contribution in [2.24, 2.45) is 5.92 Å². The predicted octanol–water partition coefficient (Wildman–Crippen LogP) is 3.49. The largest absolute Gasteiger partial charge is 0.351 e. The van der Waals surface area contributed by atoms with E-state index in [0.29, 0.717) is 12.3 Å². The lowest BCUT2D eigenvalue weighted by molar-refractivity contribution is -0.143. The third-order valence-corrected chi connectivity index (χ3v) is 5.68. The number of allylic oxidation sites excluding steroid dienone is 1. The van der Waals surface area contributed by atoms with Crippen LogP contribution >= 0.6 is 11.3 Å². The zero-order valence-electron chi connectivity index (χ0n) is 18.1. The molecule has 7 nitrogen and oxygen atoms in total. The number of hydrogen-bond donors (Lipinski definition) is 3. The molecule has 1 aromatic carbocycles. The zero-order chi connectivity index (χ0) is 22.4. The van der Waals surface area contributed by atoms with Crippen molar-refractivity contribution in [2.45, 2.75) is 39.5 Å². The molecule has 2 unspecified atom stereocenters. The van der Waals surface area contributed by atoms with Crippen LogP contribution in [0, 0.1) is 5.92 Å². The summed E-state index contributed by atoms with van der Waals surface area (Å²) in [6, 6.07) is 7.71. The Hall–Kier alpha value is -2.97. The van der Waals surface area contributed by atoms with Gasteiger partial charge >= 0.3 is 0 Å². The topological polar surface area (TPSA) is 92.3 Å². The van der Waals surface area contributed by atoms with Gasteiger partial charge in [0.05, 0.1) is 11.7 Å². The first kappa shape index (κ1) is 22.7. The van der Waals surface area contributed by atoms with E-state index in [4.69, 9.17) is 4.74 Å². The molecular formula is C23H28N4O3S. The Morgan fingerprint density at radius 1 is 1.29 bits per heavy atom. The highest BCUT2D eigenvalue weighted by atomic mass is 32.1. The lowest BCUT2D eigenvalue weighted by Gasteiger charge is -2.33. The molecule has 0 aliphatic carbocycles. The van der Waals surface area contributed by atoms with Crippen molar-refractivity contribution in [1.82, 2.24) is 20.9 Å². The molecule has 164 valence electrons. The Balaban J connectivity index is 1.72. The molecule has 31 heavy (non-hydrogen) atoms. The number of aromatic nitrogens is 1. The normalized spacial score (nSPS) is 18.8. The van der Waals surface area contributed by atoms with Gasteiger partial charge in [-0.1, -0.05) is 32.0 Å². The summed E-state index contributed by atoms with van der Waals surface area (Å²) < 4.78 is 5.78. The van der Waals surface area contributed by atoms with Crippen molar-refractivity contribution in [3.63, 3.8) is 0 Å². The number of hydrogen-bond acceptors (Lipinski definition) is 6. The summed E-state index contributed by atoms with van der Waals surface area (Å²) in [5, 5.41) is 11.7. The number of carbonyl (C=O) groups excluding carboxylic acids is 2. The van der Waals surface area contributed by atoms with Crippen molar-refractivity contribution in [1.29, 1.82) is 0 Å². The minimum atomic E-state index is -1.35. The SMILES string of the molecule is CCOC1(C(=O)NC(C)c2cccc(-c3nccs3)c2)C=CC(NC(=O)C(C)C)=CN1. The first-order chi connectivity index (χ1) is 14.8. The van der Waals surface area contributed by atoms with Gasteiger partial charge in [-0.2, -0.15) is 0 Å². The van der Waals surface area contributed by atoms with Crippen molar-refractivity contribution >= 4 is 23.2 Å². The van der Waals surface area contributed by atoms with Gasteiger partial charge in [0, 0.05) is 35.9 Å². The monoisotopic (exact) mass is 440 g/mol. The number of benzene rings is 1. The Labute approximate surface area is 186 Å². The number of thiazole rings is 1. The molecule has 0 fully saturated rings. The van der Waals surface area contributed by atoms with Crippen molar-refractivity contribution in [2.75, 3.05) is 6.61 Å². The minimum Gasteiger partial charge on any atom is -0.351 e. The first-order valence-corrected chi connectivity index (χ1v) is 11.2. The summed E-state index contributed by atoms with van der Waals surface area (Å²) in [4.78, 5) is 29.4. The van der Waals surface area contributed by atoms with Crippen LogP contribution < -0.4 is 16.0 Å². The van der Waals surface area contributed by atoms with Gasteiger partial charge in [0.15, 0.2) is 0 Å². The van der Waals surface area contributed by atoms with E-state index >= 15 is 0 Å². The molecule has 0 saturated heterocycles. The van der Waals surface area contributed by atoms with E-state index in [0.717, 1.165) is 16.1 Å². The standard InChI is InChI=1S/C23H28N4O3S/c1-5-30-23(10-9-19(14-25-23)27-20(28)15(2)3)22(29)26-16(4)17-7-6-8-18(13-17)21-24-11-12-31-21/h6-16,25H,5H2,1-4H3,(H,26,29)(H,27,28). The summed E-state index contributed by atoms with van der Waals surface area (Å²) in [6.07, 6.45) is 6.67. The molecule has 1 aliphatic rings. The van der Waals surface area contributed by atoms with Gasteiger partial charge in [0.1, 0.15) is 5.01 Å². The number of amides is 2. The Kier molecular flexibility index (Phi) is 7.25. The molecule has 2 heterocycles. The second-order valence-corrected chi connectivity index (χ2v) is 8.44. The van der Waals surface area contributed by atoms with Gasteiger partial charge in [0.25, 0.3) is 5.91 Å². The van der Waals surface area contributed by atoms with Crippen LogP contribution in [0.1, 0.15) is 39.3 Å². The van der Waals surface area contributed by atoms with Gasteiger partial charge in [-0.05, 0) is 37.6 Å². The van der Waals surface area contributed by atoms with Crippen LogP contribution in [-0.4, -0.2) is 29.1 Å². The molecule has 3 rings (SSSR count). The van der Waals surface area contributed by atoms with E-state index in [1.807, 2.05) is 57.3 Å². The number of nitrogens with one attached hydrogen (secondary N) is 3. The Morgan fingerprint density at radius 3 is 2.71 bits per heavy atom. The van der Waals surface area contributed by atoms with E-state index in [9.17, 15) is 9.59 Å². The maximum atomic E-state index is 13.2. The highest BCUT2D eigenvalue weighted by Crippen LogP contribution is 2.25. The predicted molar refractivity (Wildman–Crippen MR) is 122 cm³/mol. The molecular weight excluding hydrogens is 412 g/mol. The number of rotatable bonds is 8. The second-order valence-electron chi connectivity index (χ2n) is 7.55. The van der Waals surface area contributed by atoms with Crippen LogP contribution in [0.3, 0.4) is 0 Å². The average Bonchev–Trinajstić information content (AvgIpc) is 3.30. The van der Waals surface area contributed by atoms with Gasteiger partial charge in [0.2, 0.25) is 11.6 Å². The van der Waals surface area contributed by atoms with E-state index in [2.05, 4.69) is 20.9 Å². The van der Waals surface area contributed by atoms with E-state index in [1.54, 1.807) is 35.9 Å². The summed E-state index contributed by atoms with van der Waals surface area (Å²) in [7, 11) is 0. The van der Waals surface area contributed by atoms with E-state index < -0.39 is 5.72 Å². The summed E-state index contributed by atoms with van der Waals surface area (Å²) >= 11 is 1.57. The van der Waals surface area contributed by atoms with Crippen LogP contribution in [0.5, 0.6) is 0 Å². The third kappa shape index (κ3) is 5.39. The fourth-order valence-corrected chi connectivity index (χ4v) is 3.71. The number of dihydropyridines is 1. The molecule has 0 saturated carbocycles. The molecule has 2 amide bonds. The summed E-state index contributed by atoms with van der Waals surface area (Å²) in [5.41, 5.74) is 1.21.